The average molecular weight is 519 g/mol. The molecule has 0 bridgehead atoms. The van der Waals surface area contributed by atoms with Crippen molar-refractivity contribution in [1.29, 1.82) is 0 Å². The molecule has 0 atom stereocenters. The molecule has 0 saturated heterocycles. The van der Waals surface area contributed by atoms with Crippen LogP contribution in [-0.4, -0.2) is 52.5 Å². The second kappa shape index (κ2) is 15.6. The highest BCUT2D eigenvalue weighted by molar-refractivity contribution is 14.0. The number of hydrogen-bond acceptors (Lipinski definition) is 4. The molecule has 0 aromatic heterocycles. The van der Waals surface area contributed by atoms with Crippen molar-refractivity contribution in [2.75, 3.05) is 46.6 Å². The van der Waals surface area contributed by atoms with E-state index in [2.05, 4.69) is 34.7 Å². The van der Waals surface area contributed by atoms with Gasteiger partial charge in [-0.2, -0.15) is 0 Å². The lowest BCUT2D eigenvalue weighted by atomic mass is 10.1. The van der Waals surface area contributed by atoms with Crippen LogP contribution >= 0.6 is 24.0 Å². The fraction of sp³-hybridized carbons (Fsp3) is 0.682. The zero-order valence-corrected chi connectivity index (χ0v) is 20.5. The maximum Gasteiger partial charge on any atom is 0.191 e. The lowest BCUT2D eigenvalue weighted by Crippen LogP contribution is -2.38. The number of guanidine groups is 1. The first-order valence-corrected chi connectivity index (χ1v) is 10.7. The predicted octanol–water partition coefficient (Wildman–Crippen LogP) is 4.02. The Morgan fingerprint density at radius 1 is 1.14 bits per heavy atom. The van der Waals surface area contributed by atoms with E-state index in [9.17, 15) is 0 Å². The van der Waals surface area contributed by atoms with Gasteiger partial charge in [-0.25, -0.2) is 0 Å². The number of ether oxygens (including phenoxy) is 3. The van der Waals surface area contributed by atoms with Crippen molar-refractivity contribution in [3.8, 4) is 11.5 Å². The fourth-order valence-electron chi connectivity index (χ4n) is 2.88. The Morgan fingerprint density at radius 3 is 2.66 bits per heavy atom. The Balaban J connectivity index is 0.00000420. The van der Waals surface area contributed by atoms with Gasteiger partial charge in [0.2, 0.25) is 0 Å². The molecule has 0 amide bonds. The van der Waals surface area contributed by atoms with Gasteiger partial charge in [-0.05, 0) is 69.6 Å². The van der Waals surface area contributed by atoms with Gasteiger partial charge in [0.25, 0.3) is 0 Å². The van der Waals surface area contributed by atoms with E-state index >= 15 is 0 Å². The molecule has 1 saturated carbocycles. The summed E-state index contributed by atoms with van der Waals surface area (Å²) >= 11 is 0. The summed E-state index contributed by atoms with van der Waals surface area (Å²) in [5, 5.41) is 6.69. The smallest absolute Gasteiger partial charge is 0.191 e. The van der Waals surface area contributed by atoms with Crippen LogP contribution in [0.4, 0.5) is 0 Å². The molecule has 0 spiro atoms. The van der Waals surface area contributed by atoms with Gasteiger partial charge in [0.15, 0.2) is 17.5 Å². The monoisotopic (exact) mass is 519 g/mol. The number of rotatable bonds is 14. The maximum absolute atomic E-state index is 5.67. The van der Waals surface area contributed by atoms with Crippen molar-refractivity contribution in [2.24, 2.45) is 10.9 Å². The van der Waals surface area contributed by atoms with Gasteiger partial charge < -0.3 is 24.8 Å². The van der Waals surface area contributed by atoms with Crippen LogP contribution in [0.5, 0.6) is 11.5 Å². The van der Waals surface area contributed by atoms with Crippen LogP contribution in [0, 0.1) is 5.92 Å². The summed E-state index contributed by atoms with van der Waals surface area (Å²) in [5.41, 5.74) is 1.24. The van der Waals surface area contributed by atoms with Gasteiger partial charge in [-0.1, -0.05) is 6.07 Å². The number of benzene rings is 1. The second-order valence-corrected chi connectivity index (χ2v) is 7.08. The summed E-state index contributed by atoms with van der Waals surface area (Å²) in [6.07, 6.45) is 5.64. The van der Waals surface area contributed by atoms with Crippen LogP contribution in [-0.2, 0) is 11.2 Å². The third kappa shape index (κ3) is 10.9. The van der Waals surface area contributed by atoms with Crippen LogP contribution in [0.25, 0.3) is 0 Å². The summed E-state index contributed by atoms with van der Waals surface area (Å²) in [6, 6.07) is 6.13. The highest BCUT2D eigenvalue weighted by Crippen LogP contribution is 2.29. The molecule has 1 aliphatic rings. The molecule has 1 fully saturated rings. The number of aliphatic imine (C=N–C) groups is 1. The first-order chi connectivity index (χ1) is 13.8. The zero-order valence-electron chi connectivity index (χ0n) is 18.2. The summed E-state index contributed by atoms with van der Waals surface area (Å²) < 4.78 is 16.7. The minimum atomic E-state index is 0. The molecular formula is C22H38IN3O3. The number of hydrogen-bond donors (Lipinski definition) is 2. The number of aryl methyl sites for hydroxylation is 1. The van der Waals surface area contributed by atoms with E-state index in [1.54, 1.807) is 7.11 Å². The largest absolute Gasteiger partial charge is 0.493 e. The molecule has 0 unspecified atom stereocenters. The first kappa shape index (κ1) is 25.8. The predicted molar refractivity (Wildman–Crippen MR) is 130 cm³/mol. The van der Waals surface area contributed by atoms with Gasteiger partial charge in [0, 0.05) is 32.8 Å². The van der Waals surface area contributed by atoms with E-state index in [0.29, 0.717) is 6.61 Å². The maximum atomic E-state index is 5.67. The summed E-state index contributed by atoms with van der Waals surface area (Å²) in [7, 11) is 1.67. The number of halogens is 1. The molecule has 1 aromatic rings. The summed E-state index contributed by atoms with van der Waals surface area (Å²) in [5.74, 6) is 3.31. The molecular weight excluding hydrogens is 481 g/mol. The van der Waals surface area contributed by atoms with E-state index in [4.69, 9.17) is 14.2 Å². The Labute approximate surface area is 193 Å². The molecule has 2 N–H and O–H groups in total. The van der Waals surface area contributed by atoms with Crippen LogP contribution < -0.4 is 20.1 Å². The van der Waals surface area contributed by atoms with Gasteiger partial charge in [0.1, 0.15) is 0 Å². The molecule has 166 valence electrons. The molecule has 0 aliphatic heterocycles. The third-order valence-electron chi connectivity index (χ3n) is 4.57. The van der Waals surface area contributed by atoms with Crippen LogP contribution in [0.1, 0.15) is 45.1 Å². The van der Waals surface area contributed by atoms with Crippen molar-refractivity contribution in [3.63, 3.8) is 0 Å². The van der Waals surface area contributed by atoms with Crippen LogP contribution in [0.15, 0.2) is 23.2 Å². The van der Waals surface area contributed by atoms with Crippen molar-refractivity contribution in [3.05, 3.63) is 23.8 Å². The lowest BCUT2D eigenvalue weighted by molar-refractivity contribution is 0.123. The Hall–Kier alpha value is -1.22. The zero-order chi connectivity index (χ0) is 20.0. The molecule has 1 aliphatic carbocycles. The first-order valence-electron chi connectivity index (χ1n) is 10.7. The van der Waals surface area contributed by atoms with Gasteiger partial charge >= 0.3 is 0 Å². The Morgan fingerprint density at radius 2 is 1.97 bits per heavy atom. The molecule has 0 radical (unpaired) electrons. The van der Waals surface area contributed by atoms with E-state index in [1.165, 1.54) is 18.4 Å². The third-order valence-corrected chi connectivity index (χ3v) is 4.57. The molecule has 7 heteroatoms. The number of methoxy groups -OCH3 is 1. The molecule has 2 rings (SSSR count). The van der Waals surface area contributed by atoms with E-state index in [1.807, 2.05) is 13.0 Å². The highest BCUT2D eigenvalue weighted by atomic mass is 127. The van der Waals surface area contributed by atoms with Gasteiger partial charge in [-0.3, -0.25) is 4.99 Å². The van der Waals surface area contributed by atoms with Gasteiger partial charge in [-0.15, -0.1) is 24.0 Å². The van der Waals surface area contributed by atoms with Crippen LogP contribution in [0.3, 0.4) is 0 Å². The van der Waals surface area contributed by atoms with Gasteiger partial charge in [0.05, 0.1) is 13.7 Å². The minimum Gasteiger partial charge on any atom is -0.493 e. The standard InChI is InChI=1S/C22H37N3O3.HI/c1-4-23-22(25-14-7-15-27-17-19-9-10-19)24-13-6-8-18-11-12-20(26-3)21(16-18)28-5-2;/h11-12,16,19H,4-10,13-15,17H2,1-3H3,(H2,23,24,25);1H. The van der Waals surface area contributed by atoms with Crippen LogP contribution in [0.2, 0.25) is 0 Å². The number of nitrogens with one attached hydrogen (secondary N) is 2. The van der Waals surface area contributed by atoms with E-state index in [-0.39, 0.29) is 24.0 Å². The van der Waals surface area contributed by atoms with Crippen molar-refractivity contribution < 1.29 is 14.2 Å². The molecule has 0 heterocycles. The molecule has 29 heavy (non-hydrogen) atoms. The van der Waals surface area contributed by atoms with Crippen molar-refractivity contribution >= 4 is 29.9 Å². The fourth-order valence-corrected chi connectivity index (χ4v) is 2.88. The highest BCUT2D eigenvalue weighted by Gasteiger charge is 2.20. The Bertz CT molecular complexity index is 595. The second-order valence-electron chi connectivity index (χ2n) is 7.08. The van der Waals surface area contributed by atoms with Crippen molar-refractivity contribution in [1.82, 2.24) is 10.6 Å². The van der Waals surface area contributed by atoms with Crippen molar-refractivity contribution in [2.45, 2.75) is 46.0 Å². The van der Waals surface area contributed by atoms with E-state index < -0.39 is 0 Å². The lowest BCUT2D eigenvalue weighted by Gasteiger charge is -2.12. The molecule has 1 aromatic carbocycles. The average Bonchev–Trinajstić information content (AvgIpc) is 3.52. The minimum absolute atomic E-state index is 0. The Kier molecular flexibility index (Phi) is 13.9. The SMILES string of the molecule is CCNC(=NCCCc1ccc(OC)c(OCC)c1)NCCCOCC1CC1.I. The topological polar surface area (TPSA) is 64.1 Å². The van der Waals surface area contributed by atoms with E-state index in [0.717, 1.165) is 75.5 Å². The number of nitrogens with zero attached hydrogens (tertiary/aromatic N) is 1. The molecule has 6 nitrogen and oxygen atoms in total. The normalized spacial score (nSPS) is 13.6. The summed E-state index contributed by atoms with van der Waals surface area (Å²) in [6.45, 7) is 8.98. The quantitative estimate of drug-likeness (QED) is 0.168. The summed E-state index contributed by atoms with van der Waals surface area (Å²) in [4.78, 5) is 4.67.